The van der Waals surface area contributed by atoms with E-state index in [1.165, 1.54) is 11.3 Å². The summed E-state index contributed by atoms with van der Waals surface area (Å²) in [5.74, 6) is 0. The van der Waals surface area contributed by atoms with Gasteiger partial charge in [-0.25, -0.2) is 0 Å². The highest BCUT2D eigenvalue weighted by Crippen LogP contribution is 2.21. The predicted octanol–water partition coefficient (Wildman–Crippen LogP) is 2.13. The maximum Gasteiger partial charge on any atom is 0.140 e. The van der Waals surface area contributed by atoms with Gasteiger partial charge >= 0.3 is 0 Å². The third-order valence-electron chi connectivity index (χ3n) is 1.31. The molecule has 0 amide bonds. The van der Waals surface area contributed by atoms with E-state index in [2.05, 4.69) is 5.16 Å². The second-order valence-corrected chi connectivity index (χ2v) is 4.05. The summed E-state index contributed by atoms with van der Waals surface area (Å²) in [6, 6.07) is 3.70. The zero-order chi connectivity index (χ0) is 9.68. The molecule has 1 aromatic heterocycles. The molecule has 1 heterocycles. The van der Waals surface area contributed by atoms with Crippen molar-refractivity contribution in [3.05, 3.63) is 21.3 Å². The van der Waals surface area contributed by atoms with E-state index in [0.717, 1.165) is 14.9 Å². The summed E-state index contributed by atoms with van der Waals surface area (Å²) in [7, 11) is 0. The van der Waals surface area contributed by atoms with E-state index in [-0.39, 0.29) is 13.2 Å². The number of hydrogen-bond donors (Lipinski definition) is 1. The zero-order valence-electron chi connectivity index (χ0n) is 7.16. The number of aliphatic hydroxyl groups excluding tert-OH is 1. The fourth-order valence-corrected chi connectivity index (χ4v) is 1.72. The van der Waals surface area contributed by atoms with Crippen molar-refractivity contribution >= 4 is 28.6 Å². The topological polar surface area (TPSA) is 41.8 Å². The molecule has 0 unspecified atom stereocenters. The maximum absolute atomic E-state index is 8.44. The van der Waals surface area contributed by atoms with Gasteiger partial charge in [0.05, 0.1) is 21.5 Å². The molecule has 0 aliphatic heterocycles. The normalized spacial score (nSPS) is 11.8. The molecule has 1 N–H and O–H groups in total. The van der Waals surface area contributed by atoms with Gasteiger partial charge in [0, 0.05) is 0 Å². The van der Waals surface area contributed by atoms with Crippen molar-refractivity contribution < 1.29 is 9.94 Å². The standard InChI is InChI=1S/C8H10ClNO2S/c1-6(10-12-5-4-11)7-2-3-8(9)13-7/h2-3,11H,4-5H2,1H3/b10-6+. The van der Waals surface area contributed by atoms with Crippen molar-refractivity contribution in [1.29, 1.82) is 0 Å². The monoisotopic (exact) mass is 219 g/mol. The lowest BCUT2D eigenvalue weighted by atomic mass is 10.3. The molecule has 72 valence electrons. The molecule has 0 aromatic carbocycles. The first-order valence-electron chi connectivity index (χ1n) is 3.77. The number of aliphatic hydroxyl groups is 1. The lowest BCUT2D eigenvalue weighted by molar-refractivity contribution is 0.0987. The van der Waals surface area contributed by atoms with E-state index in [4.69, 9.17) is 21.5 Å². The van der Waals surface area contributed by atoms with Crippen molar-refractivity contribution in [3.63, 3.8) is 0 Å². The van der Waals surface area contributed by atoms with Crippen LogP contribution in [0.5, 0.6) is 0 Å². The van der Waals surface area contributed by atoms with Crippen LogP contribution in [0.15, 0.2) is 17.3 Å². The van der Waals surface area contributed by atoms with Gasteiger partial charge < -0.3 is 9.94 Å². The summed E-state index contributed by atoms with van der Waals surface area (Å²) >= 11 is 7.19. The summed E-state index contributed by atoms with van der Waals surface area (Å²) in [5.41, 5.74) is 0.769. The zero-order valence-corrected chi connectivity index (χ0v) is 8.73. The Hall–Kier alpha value is -0.580. The molecule has 13 heavy (non-hydrogen) atoms. The Morgan fingerprint density at radius 3 is 3.00 bits per heavy atom. The van der Waals surface area contributed by atoms with Crippen molar-refractivity contribution in [2.45, 2.75) is 6.92 Å². The Morgan fingerprint density at radius 1 is 1.69 bits per heavy atom. The van der Waals surface area contributed by atoms with Gasteiger partial charge in [0.15, 0.2) is 0 Å². The largest absolute Gasteiger partial charge is 0.393 e. The SMILES string of the molecule is C/C(=N\OCCO)c1ccc(Cl)s1. The summed E-state index contributed by atoms with van der Waals surface area (Å²) in [6.07, 6.45) is 0. The molecular formula is C8H10ClNO2S. The second kappa shape index (κ2) is 5.21. The fraction of sp³-hybridized carbons (Fsp3) is 0.375. The summed E-state index contributed by atoms with van der Waals surface area (Å²) in [5, 5.41) is 12.2. The van der Waals surface area contributed by atoms with Gasteiger partial charge in [-0.3, -0.25) is 0 Å². The Morgan fingerprint density at radius 2 is 2.46 bits per heavy atom. The Bertz CT molecular complexity index is 298. The van der Waals surface area contributed by atoms with Crippen LogP contribution in [-0.2, 0) is 4.84 Å². The van der Waals surface area contributed by atoms with Crippen molar-refractivity contribution in [2.75, 3.05) is 13.2 Å². The van der Waals surface area contributed by atoms with Gasteiger partial charge in [0.25, 0.3) is 0 Å². The predicted molar refractivity (Wildman–Crippen MR) is 54.6 cm³/mol. The maximum atomic E-state index is 8.44. The molecule has 0 fully saturated rings. The second-order valence-electron chi connectivity index (χ2n) is 2.34. The highest BCUT2D eigenvalue weighted by atomic mass is 35.5. The molecule has 0 saturated carbocycles. The number of hydrogen-bond acceptors (Lipinski definition) is 4. The average Bonchev–Trinajstić information content (AvgIpc) is 2.52. The van der Waals surface area contributed by atoms with Gasteiger partial charge in [0.2, 0.25) is 0 Å². The first kappa shape index (κ1) is 10.5. The molecule has 1 aromatic rings. The van der Waals surface area contributed by atoms with Crippen LogP contribution in [0.4, 0.5) is 0 Å². The lowest BCUT2D eigenvalue weighted by Gasteiger charge is -1.96. The minimum atomic E-state index is -0.0258. The van der Waals surface area contributed by atoms with Crippen molar-refractivity contribution in [3.8, 4) is 0 Å². The van der Waals surface area contributed by atoms with E-state index in [1.54, 1.807) is 0 Å². The molecule has 0 aliphatic carbocycles. The fourth-order valence-electron chi connectivity index (χ4n) is 0.737. The number of nitrogens with zero attached hydrogens (tertiary/aromatic N) is 1. The van der Waals surface area contributed by atoms with Crippen LogP contribution in [-0.4, -0.2) is 24.0 Å². The van der Waals surface area contributed by atoms with Crippen LogP contribution in [0.1, 0.15) is 11.8 Å². The van der Waals surface area contributed by atoms with E-state index in [9.17, 15) is 0 Å². The first-order chi connectivity index (χ1) is 6.24. The molecule has 3 nitrogen and oxygen atoms in total. The van der Waals surface area contributed by atoms with Gasteiger partial charge in [-0.15, -0.1) is 11.3 Å². The molecule has 0 bridgehead atoms. The highest BCUT2D eigenvalue weighted by Gasteiger charge is 2.01. The van der Waals surface area contributed by atoms with Crippen LogP contribution in [0.25, 0.3) is 0 Å². The number of rotatable bonds is 4. The Kier molecular flexibility index (Phi) is 4.21. The van der Waals surface area contributed by atoms with Crippen LogP contribution < -0.4 is 0 Å². The summed E-state index contributed by atoms with van der Waals surface area (Å²) < 4.78 is 0.728. The minimum absolute atomic E-state index is 0.0258. The van der Waals surface area contributed by atoms with Crippen LogP contribution in [0, 0.1) is 0 Å². The van der Waals surface area contributed by atoms with Gasteiger partial charge in [-0.05, 0) is 19.1 Å². The number of thiophene rings is 1. The molecule has 0 atom stereocenters. The van der Waals surface area contributed by atoms with Crippen LogP contribution >= 0.6 is 22.9 Å². The first-order valence-corrected chi connectivity index (χ1v) is 4.96. The lowest BCUT2D eigenvalue weighted by Crippen LogP contribution is -1.97. The molecular weight excluding hydrogens is 210 g/mol. The van der Waals surface area contributed by atoms with Gasteiger partial charge in [-0.1, -0.05) is 16.8 Å². The Labute approximate surface area is 85.6 Å². The van der Waals surface area contributed by atoms with Gasteiger partial charge in [-0.2, -0.15) is 0 Å². The molecule has 0 saturated heterocycles. The van der Waals surface area contributed by atoms with E-state index < -0.39 is 0 Å². The van der Waals surface area contributed by atoms with Crippen molar-refractivity contribution in [2.24, 2.45) is 5.16 Å². The minimum Gasteiger partial charge on any atom is -0.393 e. The summed E-state index contributed by atoms with van der Waals surface area (Å²) in [4.78, 5) is 5.78. The van der Waals surface area contributed by atoms with Crippen LogP contribution in [0.2, 0.25) is 4.34 Å². The molecule has 0 radical (unpaired) electrons. The van der Waals surface area contributed by atoms with E-state index in [0.29, 0.717) is 0 Å². The quantitative estimate of drug-likeness (QED) is 0.479. The molecule has 1 rings (SSSR count). The van der Waals surface area contributed by atoms with Crippen LogP contribution in [0.3, 0.4) is 0 Å². The molecule has 5 heteroatoms. The third-order valence-corrected chi connectivity index (χ3v) is 2.65. The molecule has 0 spiro atoms. The van der Waals surface area contributed by atoms with Crippen molar-refractivity contribution in [1.82, 2.24) is 0 Å². The Balaban J connectivity index is 2.56. The number of halogens is 1. The smallest absolute Gasteiger partial charge is 0.140 e. The summed E-state index contributed by atoms with van der Waals surface area (Å²) in [6.45, 7) is 2.03. The average molecular weight is 220 g/mol. The number of oxime groups is 1. The third kappa shape index (κ3) is 3.34. The molecule has 0 aliphatic rings. The van der Waals surface area contributed by atoms with E-state index >= 15 is 0 Å². The van der Waals surface area contributed by atoms with E-state index in [1.807, 2.05) is 19.1 Å². The van der Waals surface area contributed by atoms with Gasteiger partial charge in [0.1, 0.15) is 6.61 Å². The highest BCUT2D eigenvalue weighted by molar-refractivity contribution is 7.18.